The molecule has 0 radical (unpaired) electrons. The number of rotatable bonds is 3. The van der Waals surface area contributed by atoms with Gasteiger partial charge in [0, 0.05) is 17.2 Å². The quantitative estimate of drug-likeness (QED) is 0.480. The van der Waals surface area contributed by atoms with Crippen LogP contribution in [0.1, 0.15) is 10.4 Å². The van der Waals surface area contributed by atoms with Crippen molar-refractivity contribution in [3.63, 3.8) is 0 Å². The average Bonchev–Trinajstić information content (AvgIpc) is 3.31. The van der Waals surface area contributed by atoms with Gasteiger partial charge in [-0.2, -0.15) is 5.10 Å². The molecular weight excluding hydrogens is 402 g/mol. The number of fused-ring (bicyclic) bond motifs is 4. The highest BCUT2D eigenvalue weighted by Crippen LogP contribution is 2.47. The van der Waals surface area contributed by atoms with Crippen molar-refractivity contribution in [1.29, 1.82) is 0 Å². The van der Waals surface area contributed by atoms with Crippen molar-refractivity contribution in [1.82, 2.24) is 5.01 Å². The summed E-state index contributed by atoms with van der Waals surface area (Å²) in [6.45, 7) is 0. The van der Waals surface area contributed by atoms with Gasteiger partial charge < -0.3 is 0 Å². The Balaban J connectivity index is 1.48. The Morgan fingerprint density at radius 1 is 0.812 bits per heavy atom. The first-order valence-corrected chi connectivity index (χ1v) is 10.6. The van der Waals surface area contributed by atoms with Crippen LogP contribution < -0.4 is 4.90 Å². The summed E-state index contributed by atoms with van der Waals surface area (Å²) >= 11 is 0. The van der Waals surface area contributed by atoms with E-state index in [1.165, 1.54) is 4.90 Å². The zero-order valence-corrected chi connectivity index (χ0v) is 17.0. The zero-order valence-electron chi connectivity index (χ0n) is 17.0. The van der Waals surface area contributed by atoms with Crippen LogP contribution >= 0.6 is 0 Å². The van der Waals surface area contributed by atoms with E-state index in [0.29, 0.717) is 11.3 Å². The van der Waals surface area contributed by atoms with Crippen molar-refractivity contribution >= 4 is 40.3 Å². The summed E-state index contributed by atoms with van der Waals surface area (Å²) in [5, 5.41) is 7.81. The Morgan fingerprint density at radius 3 is 2.38 bits per heavy atom. The number of hydrogen-bond acceptors (Lipinski definition) is 5. The molecule has 32 heavy (non-hydrogen) atoms. The van der Waals surface area contributed by atoms with E-state index in [2.05, 4.69) is 5.10 Å². The molecule has 2 saturated heterocycles. The van der Waals surface area contributed by atoms with Gasteiger partial charge >= 0.3 is 0 Å². The van der Waals surface area contributed by atoms with Crippen molar-refractivity contribution in [3.8, 4) is 0 Å². The number of anilines is 1. The predicted molar refractivity (Wildman–Crippen MR) is 121 cm³/mol. The molecule has 0 aromatic heterocycles. The summed E-state index contributed by atoms with van der Waals surface area (Å²) in [5.41, 5.74) is 1.07. The van der Waals surface area contributed by atoms with E-state index in [-0.39, 0.29) is 17.6 Å². The summed E-state index contributed by atoms with van der Waals surface area (Å²) in [7, 11) is 0. The maximum atomic E-state index is 13.8. The maximum absolute atomic E-state index is 13.8. The molecule has 1 unspecified atom stereocenters. The van der Waals surface area contributed by atoms with Gasteiger partial charge in [0.1, 0.15) is 6.04 Å². The topological polar surface area (TPSA) is 70.0 Å². The summed E-state index contributed by atoms with van der Waals surface area (Å²) in [6, 6.07) is 20.9. The van der Waals surface area contributed by atoms with Gasteiger partial charge in [0.2, 0.25) is 11.8 Å². The number of imide groups is 1. The minimum Gasteiger partial charge on any atom is -0.292 e. The highest BCUT2D eigenvalue weighted by Gasteiger charge is 2.64. The van der Waals surface area contributed by atoms with Gasteiger partial charge in [-0.05, 0) is 17.5 Å². The van der Waals surface area contributed by atoms with Crippen molar-refractivity contribution in [3.05, 3.63) is 90.5 Å². The molecule has 156 valence electrons. The van der Waals surface area contributed by atoms with Crippen LogP contribution in [0.15, 0.2) is 90.0 Å². The summed E-state index contributed by atoms with van der Waals surface area (Å²) in [5.74, 6) is -2.27. The van der Waals surface area contributed by atoms with Gasteiger partial charge in [-0.3, -0.25) is 19.4 Å². The Bertz CT molecular complexity index is 1330. The Hall–Kier alpha value is -4.06. The van der Waals surface area contributed by atoms with Crippen LogP contribution in [-0.2, 0) is 9.59 Å². The van der Waals surface area contributed by atoms with Crippen molar-refractivity contribution < 1.29 is 14.4 Å². The molecule has 0 bridgehead atoms. The van der Waals surface area contributed by atoms with Crippen LogP contribution in [0.5, 0.6) is 0 Å². The largest absolute Gasteiger partial charge is 0.292 e. The average molecular weight is 421 g/mol. The van der Waals surface area contributed by atoms with E-state index < -0.39 is 23.9 Å². The lowest BCUT2D eigenvalue weighted by molar-refractivity contribution is -0.123. The minimum atomic E-state index is -0.829. The van der Waals surface area contributed by atoms with Gasteiger partial charge in [-0.1, -0.05) is 72.8 Å². The van der Waals surface area contributed by atoms with E-state index in [1.807, 2.05) is 48.5 Å². The predicted octanol–water partition coefficient (Wildman–Crippen LogP) is 3.44. The highest BCUT2D eigenvalue weighted by atomic mass is 16.2. The number of amides is 2. The number of ketones is 1. The van der Waals surface area contributed by atoms with Crippen LogP contribution in [0, 0.1) is 11.8 Å². The number of carbonyl (C=O) groups is 3. The summed E-state index contributed by atoms with van der Waals surface area (Å²) < 4.78 is 0. The smallest absolute Gasteiger partial charge is 0.240 e. The van der Waals surface area contributed by atoms with E-state index in [0.717, 1.165) is 10.8 Å². The van der Waals surface area contributed by atoms with Crippen LogP contribution in [0.4, 0.5) is 5.69 Å². The Kier molecular flexibility index (Phi) is 4.08. The summed E-state index contributed by atoms with van der Waals surface area (Å²) in [6.07, 6.45) is 5.23. The van der Waals surface area contributed by atoms with Gasteiger partial charge in [-0.25, -0.2) is 4.90 Å². The summed E-state index contributed by atoms with van der Waals surface area (Å²) in [4.78, 5) is 42.3. The SMILES string of the molecule is O=C(c1ccccc1)[C@H]1[C@H]2C(=O)N(c3cccc4ccccc34)C(=O)[C@H]2C2C=CC=NN21. The van der Waals surface area contributed by atoms with Crippen LogP contribution in [0.25, 0.3) is 10.8 Å². The number of benzene rings is 3. The highest BCUT2D eigenvalue weighted by molar-refractivity contribution is 6.27. The molecule has 6 heteroatoms. The molecule has 2 fully saturated rings. The molecule has 0 spiro atoms. The number of nitrogens with zero attached hydrogens (tertiary/aromatic N) is 3. The fourth-order valence-electron chi connectivity index (χ4n) is 5.25. The first-order chi connectivity index (χ1) is 15.7. The molecule has 3 aliphatic heterocycles. The van der Waals surface area contributed by atoms with Gasteiger partial charge in [0.25, 0.3) is 0 Å². The molecule has 2 amide bonds. The molecule has 0 N–H and O–H groups in total. The van der Waals surface area contributed by atoms with E-state index >= 15 is 0 Å². The molecule has 0 saturated carbocycles. The second-order valence-corrected chi connectivity index (χ2v) is 8.26. The standard InChI is InChI=1S/C26H19N3O3/c30-24(17-9-2-1-3-10-17)23-22-21(20-14-7-15-27-29(20)23)25(31)28(26(22)32)19-13-6-11-16-8-4-5-12-18(16)19/h1-15,20-23H/t20?,21-,22-,23+/m0/s1. The molecule has 3 heterocycles. The fraction of sp³-hybridized carbons (Fsp3) is 0.154. The lowest BCUT2D eigenvalue weighted by Crippen LogP contribution is -2.46. The monoisotopic (exact) mass is 421 g/mol. The zero-order chi connectivity index (χ0) is 21.8. The lowest BCUT2D eigenvalue weighted by atomic mass is 9.86. The fourth-order valence-corrected chi connectivity index (χ4v) is 5.25. The number of hydrogen-bond donors (Lipinski definition) is 0. The molecule has 3 aromatic rings. The number of carbonyl (C=O) groups excluding carboxylic acids is 3. The Morgan fingerprint density at radius 2 is 1.53 bits per heavy atom. The van der Waals surface area contributed by atoms with Crippen LogP contribution in [-0.4, -0.2) is 40.9 Å². The molecule has 0 aliphatic carbocycles. The first-order valence-electron chi connectivity index (χ1n) is 10.6. The third kappa shape index (κ3) is 2.52. The molecule has 6 nitrogen and oxygen atoms in total. The van der Waals surface area contributed by atoms with E-state index in [4.69, 9.17) is 0 Å². The van der Waals surface area contributed by atoms with Crippen LogP contribution in [0.3, 0.4) is 0 Å². The number of allylic oxidation sites excluding steroid dienone is 1. The lowest BCUT2D eigenvalue weighted by Gasteiger charge is -2.30. The second kappa shape index (κ2) is 6.99. The minimum absolute atomic E-state index is 0.198. The molecule has 3 aliphatic rings. The number of hydrazone groups is 1. The van der Waals surface area contributed by atoms with Gasteiger partial charge in [0.05, 0.1) is 23.6 Å². The third-order valence-corrected chi connectivity index (χ3v) is 6.63. The van der Waals surface area contributed by atoms with E-state index in [1.54, 1.807) is 47.6 Å². The first kappa shape index (κ1) is 18.7. The van der Waals surface area contributed by atoms with E-state index in [9.17, 15) is 14.4 Å². The van der Waals surface area contributed by atoms with Crippen molar-refractivity contribution in [2.24, 2.45) is 16.9 Å². The van der Waals surface area contributed by atoms with Crippen LogP contribution in [0.2, 0.25) is 0 Å². The van der Waals surface area contributed by atoms with Crippen molar-refractivity contribution in [2.75, 3.05) is 4.90 Å². The molecule has 6 rings (SSSR count). The third-order valence-electron chi connectivity index (χ3n) is 6.63. The van der Waals surface area contributed by atoms with Crippen molar-refractivity contribution in [2.45, 2.75) is 12.1 Å². The Labute approximate surface area is 184 Å². The van der Waals surface area contributed by atoms with Gasteiger partial charge in [0.15, 0.2) is 5.78 Å². The molecule has 3 aromatic carbocycles. The number of Topliss-reactive ketones (excluding diaryl/α,β-unsaturated/α-hetero) is 1. The molecule has 4 atom stereocenters. The molecular formula is C26H19N3O3. The normalized spacial score (nSPS) is 26.0. The van der Waals surface area contributed by atoms with Gasteiger partial charge in [-0.15, -0.1) is 0 Å². The maximum Gasteiger partial charge on any atom is 0.240 e. The second-order valence-electron chi connectivity index (χ2n) is 8.26.